The number of allylic oxidation sites excluding steroid dienone is 4. The summed E-state index contributed by atoms with van der Waals surface area (Å²) in [6.45, 7) is 10.8. The van der Waals surface area contributed by atoms with Gasteiger partial charge in [0.15, 0.2) is 0 Å². The van der Waals surface area contributed by atoms with E-state index in [9.17, 15) is 4.79 Å². The molecule has 136 valence electrons. The van der Waals surface area contributed by atoms with Crippen LogP contribution in [0.4, 0.5) is 0 Å². The van der Waals surface area contributed by atoms with Crippen LogP contribution in [0.15, 0.2) is 48.1 Å². The SMILES string of the molecule is C/C=C/C(C)=C/C(=O)O.COc1ccc2c(c1)C(C)=CC(C)(C)CO2. The van der Waals surface area contributed by atoms with Crippen molar-refractivity contribution >= 4 is 11.5 Å². The molecule has 0 bridgehead atoms. The Morgan fingerprint density at radius 3 is 2.60 bits per heavy atom. The van der Waals surface area contributed by atoms with E-state index in [1.54, 1.807) is 26.2 Å². The van der Waals surface area contributed by atoms with Gasteiger partial charge in [0.25, 0.3) is 0 Å². The van der Waals surface area contributed by atoms with Crippen molar-refractivity contribution < 1.29 is 19.4 Å². The lowest BCUT2D eigenvalue weighted by Gasteiger charge is -2.18. The molecule has 0 saturated heterocycles. The van der Waals surface area contributed by atoms with Gasteiger partial charge in [0.05, 0.1) is 13.7 Å². The standard InChI is InChI=1S/C14H18O2.C7H10O2/c1-10-8-14(2,3)9-16-13-6-5-11(15-4)7-12(10)13;1-3-4-6(2)5-7(8)9/h5-8H,9H2,1-4H3;3-5H,1-2H3,(H,8,9)/b;4-3+,6-5+. The first-order chi connectivity index (χ1) is 11.7. The third kappa shape index (κ3) is 6.87. The van der Waals surface area contributed by atoms with E-state index in [4.69, 9.17) is 14.6 Å². The molecular weight excluding hydrogens is 316 g/mol. The van der Waals surface area contributed by atoms with Crippen molar-refractivity contribution in [2.45, 2.75) is 34.6 Å². The van der Waals surface area contributed by atoms with Crippen LogP contribution in [0, 0.1) is 5.41 Å². The van der Waals surface area contributed by atoms with Gasteiger partial charge in [0.1, 0.15) is 11.5 Å². The quantitative estimate of drug-likeness (QED) is 0.611. The predicted molar refractivity (Wildman–Crippen MR) is 102 cm³/mol. The fourth-order valence-electron chi connectivity index (χ4n) is 2.55. The van der Waals surface area contributed by atoms with Gasteiger partial charge >= 0.3 is 5.97 Å². The second kappa shape index (κ2) is 9.11. The lowest BCUT2D eigenvalue weighted by molar-refractivity contribution is -0.131. The molecule has 0 saturated carbocycles. The van der Waals surface area contributed by atoms with Gasteiger partial charge in [-0.3, -0.25) is 0 Å². The molecule has 0 aliphatic carbocycles. The first kappa shape index (κ1) is 20.6. The molecule has 4 heteroatoms. The zero-order valence-corrected chi connectivity index (χ0v) is 15.9. The number of ether oxygens (including phenoxy) is 2. The molecule has 0 amide bonds. The largest absolute Gasteiger partial charge is 0.497 e. The van der Waals surface area contributed by atoms with Gasteiger partial charge < -0.3 is 14.6 Å². The Kier molecular flexibility index (Phi) is 7.49. The van der Waals surface area contributed by atoms with Crippen molar-refractivity contribution in [3.05, 3.63) is 53.6 Å². The molecule has 0 unspecified atom stereocenters. The minimum Gasteiger partial charge on any atom is -0.497 e. The molecule has 25 heavy (non-hydrogen) atoms. The van der Waals surface area contributed by atoms with Crippen molar-refractivity contribution in [2.24, 2.45) is 5.41 Å². The van der Waals surface area contributed by atoms with Crippen molar-refractivity contribution in [3.63, 3.8) is 0 Å². The molecule has 1 aromatic carbocycles. The van der Waals surface area contributed by atoms with Gasteiger partial charge in [0, 0.05) is 17.1 Å². The Balaban J connectivity index is 0.000000299. The summed E-state index contributed by atoms with van der Waals surface area (Å²) in [5, 5.41) is 8.20. The predicted octanol–water partition coefficient (Wildman–Crippen LogP) is 5.11. The zero-order chi connectivity index (χ0) is 19.0. The van der Waals surface area contributed by atoms with Gasteiger partial charge in [-0.2, -0.15) is 0 Å². The molecule has 1 N–H and O–H groups in total. The minimum absolute atomic E-state index is 0.0797. The second-order valence-electron chi connectivity index (χ2n) is 6.69. The third-order valence-corrected chi connectivity index (χ3v) is 3.60. The molecule has 1 aliphatic heterocycles. The molecule has 0 radical (unpaired) electrons. The highest BCUT2D eigenvalue weighted by Crippen LogP contribution is 2.36. The van der Waals surface area contributed by atoms with Crippen LogP contribution in [0.5, 0.6) is 11.5 Å². The topological polar surface area (TPSA) is 55.8 Å². The molecule has 0 fully saturated rings. The molecule has 1 heterocycles. The highest BCUT2D eigenvalue weighted by Gasteiger charge is 2.22. The number of carboxylic acids is 1. The van der Waals surface area contributed by atoms with Gasteiger partial charge in [-0.15, -0.1) is 0 Å². The average Bonchev–Trinajstić information content (AvgIpc) is 2.63. The van der Waals surface area contributed by atoms with E-state index in [0.29, 0.717) is 6.61 Å². The molecule has 2 rings (SSSR count). The summed E-state index contributed by atoms with van der Waals surface area (Å²) in [6.07, 6.45) is 6.97. The van der Waals surface area contributed by atoms with Crippen LogP contribution < -0.4 is 9.47 Å². The smallest absolute Gasteiger partial charge is 0.328 e. The number of hydrogen-bond donors (Lipinski definition) is 1. The number of methoxy groups -OCH3 is 1. The van der Waals surface area contributed by atoms with Crippen molar-refractivity contribution in [2.75, 3.05) is 13.7 Å². The van der Waals surface area contributed by atoms with E-state index in [2.05, 4.69) is 26.8 Å². The van der Waals surface area contributed by atoms with E-state index >= 15 is 0 Å². The van der Waals surface area contributed by atoms with Crippen LogP contribution in [0.1, 0.15) is 40.2 Å². The van der Waals surface area contributed by atoms with E-state index in [-0.39, 0.29) is 5.41 Å². The highest BCUT2D eigenvalue weighted by molar-refractivity contribution is 5.81. The summed E-state index contributed by atoms with van der Waals surface area (Å²) in [7, 11) is 1.68. The summed E-state index contributed by atoms with van der Waals surface area (Å²) in [5.41, 5.74) is 3.21. The van der Waals surface area contributed by atoms with Crippen LogP contribution in [-0.2, 0) is 4.79 Å². The number of carboxylic acid groups (broad SMARTS) is 1. The number of rotatable bonds is 3. The van der Waals surface area contributed by atoms with Gasteiger partial charge in [-0.1, -0.05) is 32.1 Å². The summed E-state index contributed by atoms with van der Waals surface area (Å²) >= 11 is 0. The molecule has 0 spiro atoms. The Bertz CT molecular complexity index is 694. The summed E-state index contributed by atoms with van der Waals surface area (Å²) in [4.78, 5) is 9.97. The monoisotopic (exact) mass is 344 g/mol. The summed E-state index contributed by atoms with van der Waals surface area (Å²) in [6, 6.07) is 5.94. The lowest BCUT2D eigenvalue weighted by Crippen LogP contribution is -2.17. The Hall–Kier alpha value is -2.49. The van der Waals surface area contributed by atoms with Crippen LogP contribution in [0.2, 0.25) is 0 Å². The molecule has 0 atom stereocenters. The number of aliphatic carboxylic acids is 1. The van der Waals surface area contributed by atoms with E-state index in [0.717, 1.165) is 22.6 Å². The highest BCUT2D eigenvalue weighted by atomic mass is 16.5. The van der Waals surface area contributed by atoms with E-state index < -0.39 is 5.97 Å². The molecule has 1 aromatic rings. The number of carbonyl (C=O) groups is 1. The zero-order valence-electron chi connectivity index (χ0n) is 15.9. The second-order valence-corrected chi connectivity index (χ2v) is 6.69. The normalized spacial score (nSPS) is 15.9. The number of benzene rings is 1. The van der Waals surface area contributed by atoms with E-state index in [1.165, 1.54) is 11.6 Å². The lowest BCUT2D eigenvalue weighted by atomic mass is 9.91. The number of hydrogen-bond acceptors (Lipinski definition) is 3. The van der Waals surface area contributed by atoms with Gasteiger partial charge in [0.2, 0.25) is 0 Å². The maximum Gasteiger partial charge on any atom is 0.328 e. The van der Waals surface area contributed by atoms with Crippen molar-refractivity contribution in [1.29, 1.82) is 0 Å². The first-order valence-corrected chi connectivity index (χ1v) is 8.23. The minimum atomic E-state index is -0.898. The average molecular weight is 344 g/mol. The fourth-order valence-corrected chi connectivity index (χ4v) is 2.55. The summed E-state index contributed by atoms with van der Waals surface area (Å²) < 4.78 is 11.1. The Labute approximate surface area is 150 Å². The summed E-state index contributed by atoms with van der Waals surface area (Å²) in [5.74, 6) is 0.917. The molecule has 0 aromatic heterocycles. The van der Waals surface area contributed by atoms with Crippen molar-refractivity contribution in [3.8, 4) is 11.5 Å². The maximum atomic E-state index is 9.97. The molecule has 4 nitrogen and oxygen atoms in total. The fraction of sp³-hybridized carbons (Fsp3) is 0.381. The Morgan fingerprint density at radius 2 is 2.04 bits per heavy atom. The van der Waals surface area contributed by atoms with Crippen LogP contribution in [0.3, 0.4) is 0 Å². The first-order valence-electron chi connectivity index (χ1n) is 8.23. The number of fused-ring (bicyclic) bond motifs is 1. The van der Waals surface area contributed by atoms with Crippen LogP contribution in [-0.4, -0.2) is 24.8 Å². The van der Waals surface area contributed by atoms with E-state index in [1.807, 2.05) is 25.1 Å². The van der Waals surface area contributed by atoms with Gasteiger partial charge in [-0.25, -0.2) is 4.79 Å². The maximum absolute atomic E-state index is 9.97. The van der Waals surface area contributed by atoms with Gasteiger partial charge in [-0.05, 0) is 50.1 Å². The van der Waals surface area contributed by atoms with Crippen molar-refractivity contribution in [1.82, 2.24) is 0 Å². The third-order valence-electron chi connectivity index (χ3n) is 3.60. The Morgan fingerprint density at radius 1 is 1.36 bits per heavy atom. The van der Waals surface area contributed by atoms with Crippen LogP contribution in [0.25, 0.3) is 5.57 Å². The van der Waals surface area contributed by atoms with Crippen LogP contribution >= 0.6 is 0 Å². The molecule has 1 aliphatic rings. The molecular formula is C21H28O4.